The topological polar surface area (TPSA) is 72.5 Å². The minimum Gasteiger partial charge on any atom is -0.344 e. The van der Waals surface area contributed by atoms with E-state index in [2.05, 4.69) is 0 Å². The van der Waals surface area contributed by atoms with Crippen molar-refractivity contribution in [3.8, 4) is 0 Å². The Labute approximate surface area is 188 Å². The van der Waals surface area contributed by atoms with E-state index in [4.69, 9.17) is 28.4 Å². The lowest BCUT2D eigenvalue weighted by molar-refractivity contribution is -0.239. The standard InChI is InChI=1S/C25H30O7/c1-16-20(26)9-12-24(28-16)31-22-11-14-25(30-18(22)3)32-21-10-13-23(29-17(21)2)27-15-19-7-5-4-6-8-19/h4-14,16-18,21-25H,15H2,1-3H3/t16-,17-,18-,21+,22+,23+,24-,25-/m0/s1. The SMILES string of the molecule is C[C@@H]1O[C@@H](O[C@@H]2C=C[C@H](O[C@@H]3C=C[C@H](OCc4ccccc4)O[C@H]3C)O[C@H]2C)C=CC1=O. The summed E-state index contributed by atoms with van der Waals surface area (Å²) >= 11 is 0. The number of hydrogen-bond donors (Lipinski definition) is 0. The number of rotatable bonds is 7. The molecule has 0 saturated heterocycles. The number of benzene rings is 1. The molecule has 1 aromatic rings. The lowest BCUT2D eigenvalue weighted by Gasteiger charge is -2.36. The first-order valence-corrected chi connectivity index (χ1v) is 11.0. The first kappa shape index (κ1) is 23.0. The van der Waals surface area contributed by atoms with Crippen LogP contribution in [-0.4, -0.2) is 55.2 Å². The van der Waals surface area contributed by atoms with E-state index in [1.807, 2.05) is 68.5 Å². The Balaban J connectivity index is 1.26. The Kier molecular flexibility index (Phi) is 7.67. The average Bonchev–Trinajstić information content (AvgIpc) is 2.79. The monoisotopic (exact) mass is 442 g/mol. The fraction of sp³-hybridized carbons (Fsp3) is 0.480. The molecule has 0 saturated carbocycles. The van der Waals surface area contributed by atoms with Crippen LogP contribution in [0.5, 0.6) is 0 Å². The molecular weight excluding hydrogens is 412 g/mol. The Hall–Kier alpha value is -2.13. The van der Waals surface area contributed by atoms with Gasteiger partial charge in [0.25, 0.3) is 0 Å². The maximum absolute atomic E-state index is 11.5. The Morgan fingerprint density at radius 3 is 1.97 bits per heavy atom. The summed E-state index contributed by atoms with van der Waals surface area (Å²) in [7, 11) is 0. The molecule has 0 spiro atoms. The molecule has 0 aromatic heterocycles. The van der Waals surface area contributed by atoms with E-state index in [0.717, 1.165) is 5.56 Å². The Morgan fingerprint density at radius 2 is 1.34 bits per heavy atom. The van der Waals surface area contributed by atoms with Crippen molar-refractivity contribution in [2.24, 2.45) is 0 Å². The van der Waals surface area contributed by atoms with Crippen LogP contribution in [0, 0.1) is 0 Å². The van der Waals surface area contributed by atoms with E-state index < -0.39 is 25.0 Å². The molecule has 3 heterocycles. The van der Waals surface area contributed by atoms with Crippen LogP contribution in [0.3, 0.4) is 0 Å². The van der Waals surface area contributed by atoms with E-state index in [1.165, 1.54) is 6.08 Å². The second kappa shape index (κ2) is 10.7. The van der Waals surface area contributed by atoms with E-state index in [9.17, 15) is 4.79 Å². The van der Waals surface area contributed by atoms with E-state index >= 15 is 0 Å². The van der Waals surface area contributed by atoms with Crippen LogP contribution >= 0.6 is 0 Å². The fourth-order valence-corrected chi connectivity index (χ4v) is 3.63. The third kappa shape index (κ3) is 6.01. The number of ketones is 1. The van der Waals surface area contributed by atoms with Gasteiger partial charge >= 0.3 is 0 Å². The van der Waals surface area contributed by atoms with Crippen molar-refractivity contribution >= 4 is 5.78 Å². The van der Waals surface area contributed by atoms with Gasteiger partial charge in [0.2, 0.25) is 0 Å². The molecule has 0 bridgehead atoms. The van der Waals surface area contributed by atoms with Crippen LogP contribution in [0.2, 0.25) is 0 Å². The molecule has 0 aliphatic carbocycles. The molecule has 32 heavy (non-hydrogen) atoms. The van der Waals surface area contributed by atoms with Crippen LogP contribution < -0.4 is 0 Å². The van der Waals surface area contributed by atoms with Gasteiger partial charge in [0.15, 0.2) is 24.7 Å². The summed E-state index contributed by atoms with van der Waals surface area (Å²) in [6, 6.07) is 9.98. The molecule has 7 heteroatoms. The molecule has 7 nitrogen and oxygen atoms in total. The normalized spacial score (nSPS) is 37.0. The minimum absolute atomic E-state index is 0.0635. The van der Waals surface area contributed by atoms with Crippen molar-refractivity contribution in [1.29, 1.82) is 0 Å². The highest BCUT2D eigenvalue weighted by Crippen LogP contribution is 2.24. The zero-order valence-corrected chi connectivity index (χ0v) is 18.5. The molecule has 0 radical (unpaired) electrons. The summed E-state index contributed by atoms with van der Waals surface area (Å²) in [5.74, 6) is -0.0635. The quantitative estimate of drug-likeness (QED) is 0.599. The smallest absolute Gasteiger partial charge is 0.184 e. The largest absolute Gasteiger partial charge is 0.344 e. The zero-order valence-electron chi connectivity index (χ0n) is 18.5. The summed E-state index contributed by atoms with van der Waals surface area (Å²) in [6.45, 7) is 6.05. The molecule has 172 valence electrons. The fourth-order valence-electron chi connectivity index (χ4n) is 3.63. The molecule has 0 unspecified atom stereocenters. The molecule has 0 amide bonds. The first-order chi connectivity index (χ1) is 15.5. The van der Waals surface area contributed by atoms with Crippen LogP contribution in [0.25, 0.3) is 0 Å². The number of hydrogen-bond acceptors (Lipinski definition) is 7. The van der Waals surface area contributed by atoms with Crippen molar-refractivity contribution in [1.82, 2.24) is 0 Å². The third-order valence-corrected chi connectivity index (χ3v) is 5.53. The first-order valence-electron chi connectivity index (χ1n) is 11.0. The second-order valence-electron chi connectivity index (χ2n) is 8.10. The van der Waals surface area contributed by atoms with Gasteiger partial charge in [-0.05, 0) is 50.6 Å². The maximum Gasteiger partial charge on any atom is 0.184 e. The number of carbonyl (C=O) groups excluding carboxylic acids is 1. The number of ether oxygens (including phenoxy) is 6. The van der Waals surface area contributed by atoms with Crippen molar-refractivity contribution in [3.63, 3.8) is 0 Å². The van der Waals surface area contributed by atoms with Gasteiger partial charge < -0.3 is 28.4 Å². The van der Waals surface area contributed by atoms with Gasteiger partial charge in [-0.3, -0.25) is 4.79 Å². The third-order valence-electron chi connectivity index (χ3n) is 5.53. The van der Waals surface area contributed by atoms with E-state index in [0.29, 0.717) is 6.61 Å². The van der Waals surface area contributed by atoms with Crippen molar-refractivity contribution in [3.05, 3.63) is 72.4 Å². The van der Waals surface area contributed by atoms with Crippen molar-refractivity contribution < 1.29 is 33.2 Å². The summed E-state index contributed by atoms with van der Waals surface area (Å²) in [5.41, 5.74) is 1.09. The molecule has 3 aliphatic heterocycles. The van der Waals surface area contributed by atoms with E-state index in [1.54, 1.807) is 13.0 Å². The van der Waals surface area contributed by atoms with Crippen molar-refractivity contribution in [2.45, 2.75) is 76.8 Å². The lowest BCUT2D eigenvalue weighted by atomic mass is 10.1. The molecular formula is C25H30O7. The molecule has 1 aromatic carbocycles. The molecule has 0 fully saturated rings. The van der Waals surface area contributed by atoms with Crippen LogP contribution in [0.1, 0.15) is 26.3 Å². The second-order valence-corrected chi connectivity index (χ2v) is 8.10. The average molecular weight is 443 g/mol. The summed E-state index contributed by atoms with van der Waals surface area (Å²) in [5, 5.41) is 0. The van der Waals surface area contributed by atoms with Gasteiger partial charge in [-0.15, -0.1) is 0 Å². The summed E-state index contributed by atoms with van der Waals surface area (Å²) in [6.07, 6.45) is 7.63. The highest BCUT2D eigenvalue weighted by molar-refractivity contribution is 5.93. The summed E-state index contributed by atoms with van der Waals surface area (Å²) in [4.78, 5) is 11.5. The Bertz CT molecular complexity index is 849. The van der Waals surface area contributed by atoms with Gasteiger partial charge in [-0.25, -0.2) is 0 Å². The Morgan fingerprint density at radius 1 is 0.750 bits per heavy atom. The molecule has 3 aliphatic rings. The number of carbonyl (C=O) groups is 1. The van der Waals surface area contributed by atoms with Crippen molar-refractivity contribution in [2.75, 3.05) is 0 Å². The highest BCUT2D eigenvalue weighted by atomic mass is 16.7. The lowest BCUT2D eigenvalue weighted by Crippen LogP contribution is -2.43. The predicted octanol–water partition coefficient (Wildman–Crippen LogP) is 3.45. The van der Waals surface area contributed by atoms with Crippen LogP contribution in [0.4, 0.5) is 0 Å². The molecule has 4 rings (SSSR count). The van der Waals surface area contributed by atoms with Gasteiger partial charge in [0.1, 0.15) is 18.3 Å². The minimum atomic E-state index is -0.580. The zero-order chi connectivity index (χ0) is 22.5. The molecule has 0 N–H and O–H groups in total. The molecule has 8 atom stereocenters. The summed E-state index contributed by atoms with van der Waals surface area (Å²) < 4.78 is 35.3. The van der Waals surface area contributed by atoms with E-state index in [-0.39, 0.29) is 30.2 Å². The van der Waals surface area contributed by atoms with Gasteiger partial charge in [0, 0.05) is 0 Å². The van der Waals surface area contributed by atoms with Gasteiger partial charge in [-0.2, -0.15) is 0 Å². The van der Waals surface area contributed by atoms with Gasteiger partial charge in [-0.1, -0.05) is 42.5 Å². The maximum atomic E-state index is 11.5. The van der Waals surface area contributed by atoms with Crippen LogP contribution in [0.15, 0.2) is 66.8 Å². The van der Waals surface area contributed by atoms with Gasteiger partial charge in [0.05, 0.1) is 18.8 Å². The predicted molar refractivity (Wildman–Crippen MR) is 116 cm³/mol. The van der Waals surface area contributed by atoms with Crippen LogP contribution in [-0.2, 0) is 39.8 Å². The highest BCUT2D eigenvalue weighted by Gasteiger charge is 2.32.